The first kappa shape index (κ1) is 17.6. The van der Waals surface area contributed by atoms with E-state index in [-0.39, 0.29) is 5.60 Å². The zero-order chi connectivity index (χ0) is 16.7. The second-order valence-electron chi connectivity index (χ2n) is 5.40. The topological polar surface area (TPSA) is 76.7 Å². The van der Waals surface area contributed by atoms with E-state index in [1.165, 1.54) is 0 Å². The van der Waals surface area contributed by atoms with Crippen LogP contribution in [0.5, 0.6) is 5.75 Å². The Morgan fingerprint density at radius 2 is 1.87 bits per heavy atom. The molecule has 1 saturated heterocycles. The quantitative estimate of drug-likeness (QED) is 0.755. The van der Waals surface area contributed by atoms with E-state index in [9.17, 15) is 9.59 Å². The van der Waals surface area contributed by atoms with E-state index in [4.69, 9.17) is 9.47 Å². The summed E-state index contributed by atoms with van der Waals surface area (Å²) in [5.74, 6) is 1.31. The number of ether oxygens (including phenoxy) is 2. The summed E-state index contributed by atoms with van der Waals surface area (Å²) in [6.07, 6.45) is 0.877. The van der Waals surface area contributed by atoms with Crippen LogP contribution in [0.25, 0.3) is 0 Å². The van der Waals surface area contributed by atoms with Crippen LogP contribution in [-0.2, 0) is 20.9 Å². The monoisotopic (exact) mass is 338 g/mol. The van der Waals surface area contributed by atoms with E-state index in [0.717, 1.165) is 29.2 Å². The van der Waals surface area contributed by atoms with Gasteiger partial charge in [0, 0.05) is 26.0 Å². The normalized spacial score (nSPS) is 20.1. The van der Waals surface area contributed by atoms with Crippen molar-refractivity contribution in [1.82, 2.24) is 10.6 Å². The Morgan fingerprint density at radius 1 is 1.17 bits per heavy atom. The minimum absolute atomic E-state index is 0.293. The summed E-state index contributed by atoms with van der Waals surface area (Å²) in [5, 5.41) is 5.27. The van der Waals surface area contributed by atoms with Gasteiger partial charge in [-0.2, -0.15) is 11.8 Å². The molecule has 0 saturated carbocycles. The van der Waals surface area contributed by atoms with Gasteiger partial charge in [0.2, 0.25) is 0 Å². The van der Waals surface area contributed by atoms with Crippen LogP contribution >= 0.6 is 11.8 Å². The number of nitrogens with one attached hydrogen (secondary N) is 2. The molecule has 1 aliphatic rings. The third kappa shape index (κ3) is 4.87. The number of hydrogen-bond acceptors (Lipinski definition) is 5. The fourth-order valence-corrected chi connectivity index (χ4v) is 3.69. The first-order valence-electron chi connectivity index (χ1n) is 7.40. The summed E-state index contributed by atoms with van der Waals surface area (Å²) >= 11 is 1.79. The van der Waals surface area contributed by atoms with Crippen LogP contribution in [-0.4, -0.2) is 49.7 Å². The molecule has 1 aromatic rings. The Kier molecular flexibility index (Phi) is 6.29. The van der Waals surface area contributed by atoms with Crippen molar-refractivity contribution in [3.8, 4) is 5.75 Å². The molecule has 0 radical (unpaired) electrons. The number of amides is 2. The van der Waals surface area contributed by atoms with E-state index < -0.39 is 11.8 Å². The van der Waals surface area contributed by atoms with Gasteiger partial charge in [-0.1, -0.05) is 12.1 Å². The van der Waals surface area contributed by atoms with Crippen molar-refractivity contribution in [2.24, 2.45) is 0 Å². The van der Waals surface area contributed by atoms with Gasteiger partial charge >= 0.3 is 11.8 Å². The number of carbonyl (C=O) groups excluding carboxylic acids is 2. The molecule has 7 heteroatoms. The first-order chi connectivity index (χ1) is 11.1. The Balaban J connectivity index is 1.77. The molecule has 126 valence electrons. The predicted octanol–water partition coefficient (Wildman–Crippen LogP) is 0.950. The summed E-state index contributed by atoms with van der Waals surface area (Å²) in [6.45, 7) is 0.646. The van der Waals surface area contributed by atoms with Crippen LogP contribution in [0.2, 0.25) is 0 Å². The fraction of sp³-hybridized carbons (Fsp3) is 0.500. The highest BCUT2D eigenvalue weighted by molar-refractivity contribution is 7.99. The van der Waals surface area contributed by atoms with Gasteiger partial charge in [0.15, 0.2) is 0 Å². The van der Waals surface area contributed by atoms with Crippen molar-refractivity contribution in [2.75, 3.05) is 32.3 Å². The second kappa shape index (κ2) is 8.21. The van der Waals surface area contributed by atoms with Crippen LogP contribution < -0.4 is 15.4 Å². The third-order valence-electron chi connectivity index (χ3n) is 3.89. The van der Waals surface area contributed by atoms with Crippen LogP contribution in [0.1, 0.15) is 12.0 Å². The second-order valence-corrected chi connectivity index (χ2v) is 6.51. The molecule has 1 aromatic carbocycles. The number of rotatable bonds is 6. The van der Waals surface area contributed by atoms with Crippen LogP contribution in [0, 0.1) is 0 Å². The van der Waals surface area contributed by atoms with Crippen LogP contribution in [0.15, 0.2) is 24.3 Å². The SMILES string of the molecule is COc1ccc(CNC(=O)C(=O)NCC2(OC)CCSC2)cc1. The van der Waals surface area contributed by atoms with Gasteiger partial charge in [0.05, 0.1) is 12.7 Å². The summed E-state index contributed by atoms with van der Waals surface area (Å²) in [5.41, 5.74) is 0.545. The Labute approximate surface area is 140 Å². The fourth-order valence-electron chi connectivity index (χ4n) is 2.29. The molecule has 0 spiro atoms. The van der Waals surface area contributed by atoms with Crippen molar-refractivity contribution in [2.45, 2.75) is 18.6 Å². The molecule has 23 heavy (non-hydrogen) atoms. The van der Waals surface area contributed by atoms with E-state index in [1.54, 1.807) is 26.0 Å². The number of thioether (sulfide) groups is 1. The minimum Gasteiger partial charge on any atom is -0.497 e. The van der Waals surface area contributed by atoms with Gasteiger partial charge in [0.25, 0.3) is 0 Å². The molecule has 2 rings (SSSR count). The lowest BCUT2D eigenvalue weighted by Gasteiger charge is -2.26. The van der Waals surface area contributed by atoms with E-state index in [0.29, 0.717) is 13.1 Å². The maximum absolute atomic E-state index is 11.9. The summed E-state index contributed by atoms with van der Waals surface area (Å²) in [7, 11) is 3.23. The lowest BCUT2D eigenvalue weighted by atomic mass is 10.0. The molecular formula is C16H22N2O4S. The van der Waals surface area contributed by atoms with Crippen molar-refractivity contribution in [3.63, 3.8) is 0 Å². The molecule has 0 bridgehead atoms. The highest BCUT2D eigenvalue weighted by Crippen LogP contribution is 2.30. The molecule has 1 unspecified atom stereocenters. The molecule has 2 N–H and O–H groups in total. The Bertz CT molecular complexity index is 542. The first-order valence-corrected chi connectivity index (χ1v) is 8.56. The van der Waals surface area contributed by atoms with Gasteiger partial charge < -0.3 is 20.1 Å². The van der Waals surface area contributed by atoms with Crippen molar-refractivity contribution >= 4 is 23.6 Å². The molecule has 0 aromatic heterocycles. The highest BCUT2D eigenvalue weighted by Gasteiger charge is 2.35. The molecule has 2 amide bonds. The van der Waals surface area contributed by atoms with Gasteiger partial charge in [-0.25, -0.2) is 0 Å². The highest BCUT2D eigenvalue weighted by atomic mass is 32.2. The lowest BCUT2D eigenvalue weighted by molar-refractivity contribution is -0.140. The van der Waals surface area contributed by atoms with E-state index in [1.807, 2.05) is 24.3 Å². The average molecular weight is 338 g/mol. The van der Waals surface area contributed by atoms with Crippen molar-refractivity contribution in [3.05, 3.63) is 29.8 Å². The van der Waals surface area contributed by atoms with Gasteiger partial charge in [-0.15, -0.1) is 0 Å². The minimum atomic E-state index is -0.641. The van der Waals surface area contributed by atoms with Gasteiger partial charge in [-0.3, -0.25) is 9.59 Å². The van der Waals surface area contributed by atoms with Gasteiger partial charge in [0.1, 0.15) is 5.75 Å². The van der Waals surface area contributed by atoms with E-state index in [2.05, 4.69) is 10.6 Å². The molecule has 1 aliphatic heterocycles. The maximum atomic E-state index is 11.9. The zero-order valence-electron chi connectivity index (χ0n) is 13.4. The molecule has 1 heterocycles. The molecular weight excluding hydrogens is 316 g/mol. The van der Waals surface area contributed by atoms with Gasteiger partial charge in [-0.05, 0) is 29.9 Å². The van der Waals surface area contributed by atoms with Crippen LogP contribution in [0.3, 0.4) is 0 Å². The average Bonchev–Trinajstić information content (AvgIpc) is 3.07. The summed E-state index contributed by atoms with van der Waals surface area (Å²) in [6, 6.07) is 7.29. The number of benzene rings is 1. The molecule has 1 fully saturated rings. The van der Waals surface area contributed by atoms with Crippen molar-refractivity contribution < 1.29 is 19.1 Å². The Morgan fingerprint density at radius 3 is 2.43 bits per heavy atom. The standard InChI is InChI=1S/C16H22N2O4S/c1-21-13-5-3-12(4-6-13)9-17-14(19)15(20)18-10-16(22-2)7-8-23-11-16/h3-6H,7-11H2,1-2H3,(H,17,19)(H,18,20). The smallest absolute Gasteiger partial charge is 0.309 e. The number of hydrogen-bond donors (Lipinski definition) is 2. The number of carbonyl (C=O) groups is 2. The Hall–Kier alpha value is -1.73. The zero-order valence-corrected chi connectivity index (χ0v) is 14.2. The van der Waals surface area contributed by atoms with E-state index >= 15 is 0 Å². The third-order valence-corrected chi connectivity index (χ3v) is 5.11. The number of methoxy groups -OCH3 is 2. The molecule has 0 aliphatic carbocycles. The predicted molar refractivity (Wildman–Crippen MR) is 89.5 cm³/mol. The molecule has 6 nitrogen and oxygen atoms in total. The lowest BCUT2D eigenvalue weighted by Crippen LogP contribution is -2.48. The van der Waals surface area contributed by atoms with Crippen molar-refractivity contribution in [1.29, 1.82) is 0 Å². The van der Waals surface area contributed by atoms with Crippen LogP contribution in [0.4, 0.5) is 0 Å². The molecule has 1 atom stereocenters. The summed E-state index contributed by atoms with van der Waals surface area (Å²) in [4.78, 5) is 23.7. The maximum Gasteiger partial charge on any atom is 0.309 e. The largest absolute Gasteiger partial charge is 0.497 e. The summed E-state index contributed by atoms with van der Waals surface area (Å²) < 4.78 is 10.6.